The largest absolute Gasteiger partial charge is 0.497 e. The van der Waals surface area contributed by atoms with Crippen LogP contribution in [0, 0.1) is 17.7 Å². The highest BCUT2D eigenvalue weighted by Gasteiger charge is 2.37. The fourth-order valence-electron chi connectivity index (χ4n) is 7.12. The summed E-state index contributed by atoms with van der Waals surface area (Å²) in [5, 5.41) is 3.10. The van der Waals surface area contributed by atoms with Gasteiger partial charge in [0, 0.05) is 25.6 Å². The van der Waals surface area contributed by atoms with Gasteiger partial charge in [-0.05, 0) is 105 Å². The predicted molar refractivity (Wildman–Crippen MR) is 170 cm³/mol. The second-order valence-electron chi connectivity index (χ2n) is 12.3. The third-order valence-corrected chi connectivity index (χ3v) is 11.3. The maximum absolute atomic E-state index is 13.8. The first-order valence-electron chi connectivity index (χ1n) is 15.6. The topological polar surface area (TPSA) is 79.0 Å². The van der Waals surface area contributed by atoms with Gasteiger partial charge in [0.25, 0.3) is 0 Å². The molecule has 44 heavy (non-hydrogen) atoms. The highest BCUT2D eigenvalue weighted by atomic mass is 32.2. The van der Waals surface area contributed by atoms with E-state index in [-0.39, 0.29) is 29.1 Å². The molecule has 0 saturated heterocycles. The number of carbonyl (C=O) groups is 1. The normalized spacial score (nSPS) is 21.4. The zero-order chi connectivity index (χ0) is 31.3. The second kappa shape index (κ2) is 14.2. The summed E-state index contributed by atoms with van der Waals surface area (Å²) in [5.74, 6) is 1.27. The molecular formula is C35H44FN3O4S. The molecule has 2 unspecified atom stereocenters. The Morgan fingerprint density at radius 1 is 1.00 bits per heavy atom. The SMILES string of the molecule is COc1ccc(S(=O)(=O)N2CCc3ccccc3C2CC(=O)NCCC2CCC(C(c3ccc(F)cc3)N(C)C)CC2)cc1. The third-order valence-electron chi connectivity index (χ3n) is 9.39. The lowest BCUT2D eigenvalue weighted by Gasteiger charge is -2.38. The minimum atomic E-state index is -3.83. The molecule has 1 N–H and O–H groups in total. The molecule has 2 atom stereocenters. The molecule has 0 aromatic heterocycles. The van der Waals surface area contributed by atoms with Crippen LogP contribution in [0.4, 0.5) is 4.39 Å². The van der Waals surface area contributed by atoms with Gasteiger partial charge in [-0.1, -0.05) is 49.2 Å². The fraction of sp³-hybridized carbons (Fsp3) is 0.457. The van der Waals surface area contributed by atoms with E-state index in [4.69, 9.17) is 4.74 Å². The summed E-state index contributed by atoms with van der Waals surface area (Å²) < 4.78 is 47.7. The van der Waals surface area contributed by atoms with Gasteiger partial charge in [-0.25, -0.2) is 12.8 Å². The lowest BCUT2D eigenvalue weighted by Crippen LogP contribution is -2.42. The number of nitrogens with zero attached hydrogens (tertiary/aromatic N) is 2. The quantitative estimate of drug-likeness (QED) is 0.279. The van der Waals surface area contributed by atoms with Gasteiger partial charge >= 0.3 is 0 Å². The average Bonchev–Trinajstić information content (AvgIpc) is 3.03. The zero-order valence-corrected chi connectivity index (χ0v) is 26.7. The molecule has 2 aliphatic rings. The average molecular weight is 622 g/mol. The summed E-state index contributed by atoms with van der Waals surface area (Å²) in [6.45, 7) is 0.890. The van der Waals surface area contributed by atoms with Crippen molar-refractivity contribution in [3.8, 4) is 5.75 Å². The molecule has 1 saturated carbocycles. The first-order valence-corrected chi connectivity index (χ1v) is 17.0. The van der Waals surface area contributed by atoms with Crippen LogP contribution in [-0.2, 0) is 21.2 Å². The highest BCUT2D eigenvalue weighted by Crippen LogP contribution is 2.40. The molecular weight excluding hydrogens is 577 g/mol. The molecule has 3 aromatic rings. The van der Waals surface area contributed by atoms with Gasteiger partial charge in [-0.15, -0.1) is 0 Å². The molecule has 7 nitrogen and oxygen atoms in total. The number of sulfonamides is 1. The van der Waals surface area contributed by atoms with Gasteiger partial charge in [-0.2, -0.15) is 4.31 Å². The van der Waals surface area contributed by atoms with Gasteiger partial charge in [0.2, 0.25) is 15.9 Å². The minimum absolute atomic E-state index is 0.0708. The minimum Gasteiger partial charge on any atom is -0.497 e. The van der Waals surface area contributed by atoms with Crippen molar-refractivity contribution in [3.05, 3.63) is 95.3 Å². The molecule has 1 heterocycles. The lowest BCUT2D eigenvalue weighted by atomic mass is 9.75. The summed E-state index contributed by atoms with van der Waals surface area (Å²) in [6, 6.07) is 20.8. The number of ether oxygens (including phenoxy) is 1. The Balaban J connectivity index is 1.18. The van der Waals surface area contributed by atoms with Crippen molar-refractivity contribution in [2.45, 2.75) is 61.9 Å². The van der Waals surface area contributed by atoms with Crippen molar-refractivity contribution in [1.82, 2.24) is 14.5 Å². The van der Waals surface area contributed by atoms with Gasteiger partial charge in [0.1, 0.15) is 11.6 Å². The Morgan fingerprint density at radius 3 is 2.34 bits per heavy atom. The lowest BCUT2D eigenvalue weighted by molar-refractivity contribution is -0.122. The Kier molecular flexibility index (Phi) is 10.4. The predicted octanol–water partition coefficient (Wildman–Crippen LogP) is 6.13. The number of rotatable bonds is 11. The van der Waals surface area contributed by atoms with Crippen molar-refractivity contribution >= 4 is 15.9 Å². The van der Waals surface area contributed by atoms with Gasteiger partial charge in [0.15, 0.2) is 0 Å². The maximum Gasteiger partial charge on any atom is 0.243 e. The van der Waals surface area contributed by atoms with Crippen LogP contribution < -0.4 is 10.1 Å². The van der Waals surface area contributed by atoms with Crippen LogP contribution >= 0.6 is 0 Å². The molecule has 0 spiro atoms. The molecule has 0 bridgehead atoms. The Hall–Kier alpha value is -3.27. The number of methoxy groups -OCH3 is 1. The second-order valence-corrected chi connectivity index (χ2v) is 14.2. The van der Waals surface area contributed by atoms with Crippen molar-refractivity contribution < 1.29 is 22.3 Å². The molecule has 5 rings (SSSR count). The van der Waals surface area contributed by atoms with Gasteiger partial charge < -0.3 is 15.0 Å². The van der Waals surface area contributed by atoms with E-state index < -0.39 is 16.1 Å². The van der Waals surface area contributed by atoms with Gasteiger partial charge in [-0.3, -0.25) is 4.79 Å². The van der Waals surface area contributed by atoms with Crippen LogP contribution in [0.1, 0.15) is 67.3 Å². The van der Waals surface area contributed by atoms with E-state index in [1.54, 1.807) is 43.5 Å². The third kappa shape index (κ3) is 7.33. The molecule has 1 aliphatic heterocycles. The molecule has 0 radical (unpaired) electrons. The van der Waals surface area contributed by atoms with Crippen molar-refractivity contribution in [1.29, 1.82) is 0 Å². The zero-order valence-electron chi connectivity index (χ0n) is 25.9. The Labute approximate surface area is 261 Å². The van der Waals surface area contributed by atoms with E-state index in [0.717, 1.165) is 48.8 Å². The molecule has 9 heteroatoms. The van der Waals surface area contributed by atoms with Crippen LogP contribution in [0.3, 0.4) is 0 Å². The number of halogens is 1. The maximum atomic E-state index is 13.8. The summed E-state index contributed by atoms with van der Waals surface area (Å²) >= 11 is 0. The van der Waals surface area contributed by atoms with E-state index in [1.165, 1.54) is 4.31 Å². The van der Waals surface area contributed by atoms with Gasteiger partial charge in [0.05, 0.1) is 18.0 Å². The van der Waals surface area contributed by atoms with Crippen molar-refractivity contribution in [2.24, 2.45) is 11.8 Å². The first-order chi connectivity index (χ1) is 21.2. The molecule has 1 amide bonds. The summed E-state index contributed by atoms with van der Waals surface area (Å²) in [6.07, 6.45) is 5.94. The number of amides is 1. The number of fused-ring (bicyclic) bond motifs is 1. The molecule has 1 aliphatic carbocycles. The Morgan fingerprint density at radius 2 is 1.68 bits per heavy atom. The van der Waals surface area contributed by atoms with E-state index in [0.29, 0.717) is 37.1 Å². The van der Waals surface area contributed by atoms with Crippen LogP contribution in [0.2, 0.25) is 0 Å². The molecule has 1 fully saturated rings. The number of hydrogen-bond donors (Lipinski definition) is 1. The number of carbonyl (C=O) groups excluding carboxylic acids is 1. The van der Waals surface area contributed by atoms with Crippen molar-refractivity contribution in [3.63, 3.8) is 0 Å². The van der Waals surface area contributed by atoms with E-state index >= 15 is 0 Å². The van der Waals surface area contributed by atoms with Crippen LogP contribution in [-0.4, -0.2) is 57.8 Å². The Bertz CT molecular complexity index is 1500. The van der Waals surface area contributed by atoms with Crippen LogP contribution in [0.25, 0.3) is 0 Å². The van der Waals surface area contributed by atoms with Crippen LogP contribution in [0.15, 0.2) is 77.7 Å². The summed E-state index contributed by atoms with van der Waals surface area (Å²) in [5.41, 5.74) is 3.13. The smallest absolute Gasteiger partial charge is 0.243 e. The fourth-order valence-corrected chi connectivity index (χ4v) is 8.72. The highest BCUT2D eigenvalue weighted by molar-refractivity contribution is 7.89. The first kappa shape index (κ1) is 32.1. The number of nitrogens with one attached hydrogen (secondary N) is 1. The number of benzene rings is 3. The van der Waals surface area contributed by atoms with E-state index in [1.807, 2.05) is 36.4 Å². The van der Waals surface area contributed by atoms with Crippen molar-refractivity contribution in [2.75, 3.05) is 34.3 Å². The van der Waals surface area contributed by atoms with E-state index in [9.17, 15) is 17.6 Å². The number of hydrogen-bond acceptors (Lipinski definition) is 5. The van der Waals surface area contributed by atoms with E-state index in [2.05, 4.69) is 24.3 Å². The molecule has 236 valence electrons. The summed E-state index contributed by atoms with van der Waals surface area (Å²) in [7, 11) is 1.89. The van der Waals surface area contributed by atoms with Crippen LogP contribution in [0.5, 0.6) is 5.75 Å². The molecule has 3 aromatic carbocycles. The standard InChI is InChI=1S/C35H44FN3O4S/c1-38(2)35(28-12-14-29(36)15-13-28)27-10-8-25(9-11-27)20-22-37-34(40)24-33-32-7-5-4-6-26(32)21-23-39(33)44(41,42)31-18-16-30(43-3)17-19-31/h4-7,12-19,25,27,33,35H,8-11,20-24H2,1-3H3,(H,37,40). The monoisotopic (exact) mass is 621 g/mol. The summed E-state index contributed by atoms with van der Waals surface area (Å²) in [4.78, 5) is 15.7.